The molecule has 0 radical (unpaired) electrons. The summed E-state index contributed by atoms with van der Waals surface area (Å²) < 4.78 is 7.23. The lowest BCUT2D eigenvalue weighted by atomic mass is 9.85. The number of nitrogens with zero attached hydrogens (tertiary/aromatic N) is 4. The lowest BCUT2D eigenvalue weighted by Crippen LogP contribution is -2.52. The molecule has 2 saturated heterocycles. The van der Waals surface area contributed by atoms with E-state index < -0.39 is 5.66 Å². The second-order valence-corrected chi connectivity index (χ2v) is 10.6. The van der Waals surface area contributed by atoms with Gasteiger partial charge in [0.15, 0.2) is 0 Å². The quantitative estimate of drug-likeness (QED) is 0.592. The third kappa shape index (κ3) is 2.67. The minimum atomic E-state index is -0.617. The highest BCUT2D eigenvalue weighted by Crippen LogP contribution is 2.41. The SMILES string of the molecule is Cc1cc(Nc2ncnc3sc(C(=O)N4C[C@H]5C[C@@H]4CO5)cc23)c(=O)n2c1C(=O)NC21CCC1. The number of nitrogens with one attached hydrogen (secondary N) is 2. The van der Waals surface area contributed by atoms with Crippen LogP contribution in [-0.4, -0.2) is 56.5 Å². The highest BCUT2D eigenvalue weighted by Gasteiger charge is 2.49. The van der Waals surface area contributed by atoms with Crippen LogP contribution in [0.1, 0.15) is 51.4 Å². The van der Waals surface area contributed by atoms with Crippen LogP contribution in [0.2, 0.25) is 0 Å². The van der Waals surface area contributed by atoms with Crippen LogP contribution in [0.5, 0.6) is 0 Å². The number of aromatic nitrogens is 3. The maximum absolute atomic E-state index is 13.5. The topological polar surface area (TPSA) is 118 Å². The van der Waals surface area contributed by atoms with E-state index in [4.69, 9.17) is 4.74 Å². The van der Waals surface area contributed by atoms with Gasteiger partial charge in [-0.05, 0) is 50.3 Å². The fraction of sp³-hybridized carbons (Fsp3) is 0.435. The Hall–Kier alpha value is -3.31. The normalized spacial score (nSPS) is 23.9. The molecular formula is C23H22N6O4S. The van der Waals surface area contributed by atoms with Gasteiger partial charge in [0.2, 0.25) is 0 Å². The number of rotatable bonds is 3. The molecule has 174 valence electrons. The van der Waals surface area contributed by atoms with Crippen LogP contribution < -0.4 is 16.2 Å². The van der Waals surface area contributed by atoms with Crippen molar-refractivity contribution >= 4 is 44.9 Å². The second-order valence-electron chi connectivity index (χ2n) is 9.55. The number of likely N-dealkylation sites (tertiary alicyclic amines) is 1. The number of carbonyl (C=O) groups is 2. The van der Waals surface area contributed by atoms with E-state index in [0.29, 0.717) is 45.4 Å². The first-order valence-corrected chi connectivity index (χ1v) is 12.3. The number of aryl methyl sites for hydroxylation is 1. The smallest absolute Gasteiger partial charge is 0.276 e. The summed E-state index contributed by atoms with van der Waals surface area (Å²) in [5.74, 6) is 0.241. The number of morpholine rings is 1. The van der Waals surface area contributed by atoms with E-state index >= 15 is 0 Å². The number of anilines is 2. The third-order valence-electron chi connectivity index (χ3n) is 7.52. The molecule has 34 heavy (non-hydrogen) atoms. The van der Waals surface area contributed by atoms with E-state index in [1.807, 2.05) is 11.8 Å². The Morgan fingerprint density at radius 3 is 2.85 bits per heavy atom. The van der Waals surface area contributed by atoms with Crippen LogP contribution in [-0.2, 0) is 10.4 Å². The molecule has 7 rings (SSSR count). The van der Waals surface area contributed by atoms with Gasteiger partial charge in [0, 0.05) is 6.54 Å². The number of pyridine rings is 1. The zero-order valence-corrected chi connectivity index (χ0v) is 19.3. The summed E-state index contributed by atoms with van der Waals surface area (Å²) in [6.45, 7) is 3.04. The molecule has 4 aliphatic rings. The van der Waals surface area contributed by atoms with Gasteiger partial charge in [-0.2, -0.15) is 0 Å². The van der Waals surface area contributed by atoms with Gasteiger partial charge in [-0.15, -0.1) is 11.3 Å². The summed E-state index contributed by atoms with van der Waals surface area (Å²) in [4.78, 5) is 51.1. The number of hydrogen-bond acceptors (Lipinski definition) is 8. The highest BCUT2D eigenvalue weighted by atomic mass is 32.1. The molecule has 1 spiro atoms. The van der Waals surface area contributed by atoms with Crippen molar-refractivity contribution in [1.29, 1.82) is 0 Å². The molecule has 0 aromatic carbocycles. The van der Waals surface area contributed by atoms with Crippen LogP contribution >= 0.6 is 11.3 Å². The standard InChI is InChI=1S/C23H22N6O4S/c1-11-5-15(21(31)29-17(11)19(30)27-23(29)3-2-4-23)26-18-14-7-16(34-20(14)25-10-24-18)22(32)28-8-13-6-12(28)9-33-13/h5,7,10,12-13H,2-4,6,8-9H2,1H3,(H,27,30)(H,24,25,26)/t12-,13-/m1/s1. The zero-order valence-electron chi connectivity index (χ0n) is 18.5. The van der Waals surface area contributed by atoms with Crippen LogP contribution in [0.4, 0.5) is 11.5 Å². The average molecular weight is 479 g/mol. The van der Waals surface area contributed by atoms with E-state index in [1.54, 1.807) is 16.7 Å². The highest BCUT2D eigenvalue weighted by molar-refractivity contribution is 7.20. The molecule has 3 aliphatic heterocycles. The van der Waals surface area contributed by atoms with Gasteiger partial charge in [0.1, 0.15) is 34.0 Å². The van der Waals surface area contributed by atoms with Crippen LogP contribution in [0.25, 0.3) is 10.2 Å². The van der Waals surface area contributed by atoms with Crippen molar-refractivity contribution in [1.82, 2.24) is 24.8 Å². The maximum atomic E-state index is 13.5. The minimum absolute atomic E-state index is 0.0188. The Labute approximate surface area is 197 Å². The Morgan fingerprint density at radius 1 is 1.29 bits per heavy atom. The lowest BCUT2D eigenvalue weighted by Gasteiger charge is -2.39. The fourth-order valence-electron chi connectivity index (χ4n) is 5.69. The van der Waals surface area contributed by atoms with Crippen molar-refractivity contribution in [3.63, 3.8) is 0 Å². The van der Waals surface area contributed by atoms with Gasteiger partial charge in [-0.3, -0.25) is 19.0 Å². The Kier molecular flexibility index (Phi) is 4.05. The van der Waals surface area contributed by atoms with Gasteiger partial charge >= 0.3 is 0 Å². The largest absolute Gasteiger partial charge is 0.374 e. The minimum Gasteiger partial charge on any atom is -0.374 e. The fourth-order valence-corrected chi connectivity index (χ4v) is 6.64. The van der Waals surface area contributed by atoms with Crippen LogP contribution in [0, 0.1) is 6.92 Å². The Balaban J connectivity index is 1.26. The number of hydrogen-bond donors (Lipinski definition) is 2. The molecule has 10 nitrogen and oxygen atoms in total. The molecule has 2 N–H and O–H groups in total. The Bertz CT molecular complexity index is 1460. The summed E-state index contributed by atoms with van der Waals surface area (Å²) >= 11 is 1.32. The summed E-state index contributed by atoms with van der Waals surface area (Å²) in [7, 11) is 0. The van der Waals surface area contributed by atoms with Crippen molar-refractivity contribution in [2.75, 3.05) is 18.5 Å². The van der Waals surface area contributed by atoms with Crippen molar-refractivity contribution < 1.29 is 14.3 Å². The van der Waals surface area contributed by atoms with E-state index in [2.05, 4.69) is 20.6 Å². The van der Waals surface area contributed by atoms with E-state index in [1.165, 1.54) is 17.7 Å². The average Bonchev–Trinajstić information content (AvgIpc) is 3.57. The molecule has 2 amide bonds. The van der Waals surface area contributed by atoms with Crippen LogP contribution in [0.3, 0.4) is 0 Å². The van der Waals surface area contributed by atoms with Gasteiger partial charge in [0.05, 0.1) is 29.0 Å². The second kappa shape index (κ2) is 6.86. The number of carbonyl (C=O) groups excluding carboxylic acids is 2. The molecule has 0 unspecified atom stereocenters. The number of fused-ring (bicyclic) bond motifs is 5. The number of amides is 2. The zero-order chi connectivity index (χ0) is 23.2. The first-order valence-electron chi connectivity index (χ1n) is 11.5. The molecule has 1 saturated carbocycles. The molecule has 6 heterocycles. The van der Waals surface area contributed by atoms with Gasteiger partial charge in [0.25, 0.3) is 17.4 Å². The number of ether oxygens (including phenoxy) is 1. The molecule has 2 atom stereocenters. The molecule has 2 bridgehead atoms. The summed E-state index contributed by atoms with van der Waals surface area (Å²) in [6.07, 6.45) is 4.90. The summed E-state index contributed by atoms with van der Waals surface area (Å²) in [5, 5.41) is 6.87. The third-order valence-corrected chi connectivity index (χ3v) is 8.55. The first kappa shape index (κ1) is 20.1. The van der Waals surface area contributed by atoms with E-state index in [0.717, 1.165) is 31.2 Å². The van der Waals surface area contributed by atoms with Gasteiger partial charge in [-0.25, -0.2) is 9.97 Å². The Morgan fingerprint density at radius 2 is 2.15 bits per heavy atom. The predicted molar refractivity (Wildman–Crippen MR) is 125 cm³/mol. The van der Waals surface area contributed by atoms with Crippen molar-refractivity contribution in [2.24, 2.45) is 0 Å². The molecule has 1 aliphatic carbocycles. The maximum Gasteiger partial charge on any atom is 0.276 e. The van der Waals surface area contributed by atoms with Gasteiger partial charge in [-0.1, -0.05) is 0 Å². The summed E-state index contributed by atoms with van der Waals surface area (Å²) in [5.41, 5.74) is 0.618. The van der Waals surface area contributed by atoms with Crippen LogP contribution in [0.15, 0.2) is 23.3 Å². The van der Waals surface area contributed by atoms with E-state index in [9.17, 15) is 14.4 Å². The first-order chi connectivity index (χ1) is 16.4. The molecule has 3 aromatic rings. The van der Waals surface area contributed by atoms with E-state index in [-0.39, 0.29) is 29.5 Å². The summed E-state index contributed by atoms with van der Waals surface area (Å²) in [6, 6.07) is 3.63. The molecule has 3 fully saturated rings. The lowest BCUT2D eigenvalue weighted by molar-refractivity contribution is 0.0262. The molecular weight excluding hydrogens is 456 g/mol. The van der Waals surface area contributed by atoms with Crippen molar-refractivity contribution in [3.05, 3.63) is 44.9 Å². The van der Waals surface area contributed by atoms with Gasteiger partial charge < -0.3 is 20.3 Å². The van der Waals surface area contributed by atoms with Crippen molar-refractivity contribution in [3.8, 4) is 0 Å². The predicted octanol–water partition coefficient (Wildman–Crippen LogP) is 2.10. The van der Waals surface area contributed by atoms with Crippen molar-refractivity contribution in [2.45, 2.75) is 50.4 Å². The molecule has 11 heteroatoms. The molecule has 3 aromatic heterocycles. The monoisotopic (exact) mass is 478 g/mol. The number of thiophene rings is 1.